The van der Waals surface area contributed by atoms with E-state index in [-0.39, 0.29) is 5.04 Å². The van der Waals surface area contributed by atoms with Gasteiger partial charge in [-0.3, -0.25) is 4.79 Å². The molecule has 0 aliphatic rings. The molecule has 0 aromatic heterocycles. The van der Waals surface area contributed by atoms with Crippen molar-refractivity contribution in [2.75, 3.05) is 0 Å². The summed E-state index contributed by atoms with van der Waals surface area (Å²) in [5, 5.41) is 3.55. The fraction of sp³-hybridized carbons (Fsp3) is 0.462. The van der Waals surface area contributed by atoms with E-state index >= 15 is 0 Å². The van der Waals surface area contributed by atoms with Gasteiger partial charge < -0.3 is 4.43 Å². The first-order valence-corrected chi connectivity index (χ1v) is 8.95. The third-order valence-electron chi connectivity index (χ3n) is 3.46. The average molecular weight is 277 g/mol. The molecular weight excluding hydrogens is 258 g/mol. The largest absolute Gasteiger partial charge is 0.543 e. The Morgan fingerprint density at radius 2 is 2.00 bits per heavy atom. The van der Waals surface area contributed by atoms with Crippen LogP contribution in [0.4, 0.5) is 5.69 Å². The molecule has 0 aliphatic carbocycles. The highest BCUT2D eigenvalue weighted by Gasteiger charge is 2.38. The number of rotatable bonds is 4. The van der Waals surface area contributed by atoms with E-state index in [9.17, 15) is 4.79 Å². The molecule has 0 N–H and O–H groups in total. The number of carbonyl (C=O) groups excluding carboxylic acids is 1. The van der Waals surface area contributed by atoms with Gasteiger partial charge in [-0.15, -0.1) is 0 Å². The van der Waals surface area contributed by atoms with Crippen LogP contribution >= 0.6 is 0 Å². The fourth-order valence-corrected chi connectivity index (χ4v) is 2.30. The summed E-state index contributed by atoms with van der Waals surface area (Å²) in [6.07, 6.45) is 0.669. The minimum Gasteiger partial charge on any atom is -0.543 e. The molecule has 5 nitrogen and oxygen atoms in total. The van der Waals surface area contributed by atoms with Crippen molar-refractivity contribution in [2.24, 2.45) is 5.11 Å². The smallest absolute Gasteiger partial charge is 0.250 e. The lowest BCUT2D eigenvalue weighted by molar-refractivity contribution is 0.112. The molecule has 1 aromatic rings. The molecule has 0 heterocycles. The summed E-state index contributed by atoms with van der Waals surface area (Å²) in [5.41, 5.74) is 9.08. The molecule has 102 valence electrons. The van der Waals surface area contributed by atoms with E-state index in [0.29, 0.717) is 23.3 Å². The van der Waals surface area contributed by atoms with Crippen LogP contribution in [-0.4, -0.2) is 14.6 Å². The molecule has 0 aliphatic heterocycles. The summed E-state index contributed by atoms with van der Waals surface area (Å²) in [5.74, 6) is 0.644. The SMILES string of the molecule is CC(C)(C)[Si](C)(C)Oc1ccc(N=[N+]=[N-])c(C=O)c1. The van der Waals surface area contributed by atoms with Gasteiger partial charge in [0.05, 0.1) is 0 Å². The molecule has 6 heteroatoms. The van der Waals surface area contributed by atoms with Crippen molar-refractivity contribution < 1.29 is 9.22 Å². The zero-order chi connectivity index (χ0) is 14.7. The Bertz CT molecular complexity index is 529. The van der Waals surface area contributed by atoms with E-state index in [2.05, 4.69) is 43.9 Å². The molecule has 19 heavy (non-hydrogen) atoms. The second-order valence-corrected chi connectivity index (χ2v) is 10.6. The normalized spacial score (nSPS) is 11.6. The molecule has 0 atom stereocenters. The maximum Gasteiger partial charge on any atom is 0.250 e. The Kier molecular flexibility index (Phi) is 4.39. The van der Waals surface area contributed by atoms with E-state index in [1.807, 2.05) is 0 Å². The van der Waals surface area contributed by atoms with Gasteiger partial charge in [-0.1, -0.05) is 25.9 Å². The lowest BCUT2D eigenvalue weighted by atomic mass is 10.2. The molecule has 0 spiro atoms. The van der Waals surface area contributed by atoms with Gasteiger partial charge in [0.1, 0.15) is 5.75 Å². The topological polar surface area (TPSA) is 75.1 Å². The van der Waals surface area contributed by atoms with Gasteiger partial charge in [0.15, 0.2) is 6.29 Å². The van der Waals surface area contributed by atoms with E-state index in [0.717, 1.165) is 0 Å². The van der Waals surface area contributed by atoms with Crippen molar-refractivity contribution in [2.45, 2.75) is 38.9 Å². The standard InChI is InChI=1S/C13H19N3O2Si/c1-13(2,3)19(4,5)18-11-6-7-12(15-16-14)10(8-11)9-17/h6-9H,1-5H3. The molecule has 0 amide bonds. The summed E-state index contributed by atoms with van der Waals surface area (Å²) in [4.78, 5) is 13.7. The second kappa shape index (κ2) is 5.46. The van der Waals surface area contributed by atoms with Crippen LogP contribution in [0.2, 0.25) is 18.1 Å². The Balaban J connectivity index is 3.11. The van der Waals surface area contributed by atoms with Crippen molar-refractivity contribution in [1.82, 2.24) is 0 Å². The lowest BCUT2D eigenvalue weighted by Gasteiger charge is -2.36. The number of azide groups is 1. The number of benzene rings is 1. The summed E-state index contributed by atoms with van der Waals surface area (Å²) in [6.45, 7) is 10.7. The predicted molar refractivity (Wildman–Crippen MR) is 78.5 cm³/mol. The van der Waals surface area contributed by atoms with E-state index in [4.69, 9.17) is 9.96 Å². The Morgan fingerprint density at radius 1 is 1.37 bits per heavy atom. The minimum atomic E-state index is -1.94. The molecule has 0 fully saturated rings. The van der Waals surface area contributed by atoms with Crippen LogP contribution in [0.3, 0.4) is 0 Å². The van der Waals surface area contributed by atoms with Crippen molar-refractivity contribution >= 4 is 20.3 Å². The summed E-state index contributed by atoms with van der Waals surface area (Å²) in [7, 11) is -1.94. The Hall–Kier alpha value is -1.78. The van der Waals surface area contributed by atoms with Crippen LogP contribution in [0, 0.1) is 0 Å². The highest BCUT2D eigenvalue weighted by Crippen LogP contribution is 2.38. The van der Waals surface area contributed by atoms with Crippen LogP contribution in [0.15, 0.2) is 23.3 Å². The van der Waals surface area contributed by atoms with E-state index in [1.165, 1.54) is 0 Å². The van der Waals surface area contributed by atoms with Crippen LogP contribution < -0.4 is 4.43 Å². The maximum absolute atomic E-state index is 11.0. The monoisotopic (exact) mass is 277 g/mol. The van der Waals surface area contributed by atoms with E-state index < -0.39 is 8.32 Å². The highest BCUT2D eigenvalue weighted by molar-refractivity contribution is 6.74. The first-order valence-electron chi connectivity index (χ1n) is 6.04. The first kappa shape index (κ1) is 15.3. The van der Waals surface area contributed by atoms with Crippen molar-refractivity contribution in [3.05, 3.63) is 34.2 Å². The zero-order valence-corrected chi connectivity index (χ0v) is 13.0. The zero-order valence-electron chi connectivity index (χ0n) is 12.0. The predicted octanol–water partition coefficient (Wildman–Crippen LogP) is 4.82. The van der Waals surface area contributed by atoms with Crippen molar-refractivity contribution in [3.8, 4) is 5.75 Å². The van der Waals surface area contributed by atoms with Crippen molar-refractivity contribution in [3.63, 3.8) is 0 Å². The first-order chi connectivity index (χ1) is 8.71. The molecule has 0 saturated heterocycles. The summed E-state index contributed by atoms with van der Waals surface area (Å²) >= 11 is 0. The summed E-state index contributed by atoms with van der Waals surface area (Å²) in [6, 6.07) is 4.96. The van der Waals surface area contributed by atoms with Crippen LogP contribution in [-0.2, 0) is 0 Å². The highest BCUT2D eigenvalue weighted by atomic mass is 28.4. The van der Waals surface area contributed by atoms with Crippen LogP contribution in [0.25, 0.3) is 10.4 Å². The minimum absolute atomic E-state index is 0.0812. The third kappa shape index (κ3) is 3.59. The van der Waals surface area contributed by atoms with Gasteiger partial charge >= 0.3 is 0 Å². The molecule has 1 aromatic carbocycles. The van der Waals surface area contributed by atoms with Crippen LogP contribution in [0.5, 0.6) is 5.75 Å². The fourth-order valence-electron chi connectivity index (χ4n) is 1.28. The Morgan fingerprint density at radius 3 is 2.47 bits per heavy atom. The maximum atomic E-state index is 11.0. The van der Waals surface area contributed by atoms with Crippen LogP contribution in [0.1, 0.15) is 31.1 Å². The van der Waals surface area contributed by atoms with Gasteiger partial charge in [0.25, 0.3) is 0 Å². The van der Waals surface area contributed by atoms with Gasteiger partial charge in [-0.05, 0) is 41.9 Å². The molecular formula is C13H19N3O2Si. The lowest BCUT2D eigenvalue weighted by Crippen LogP contribution is -2.43. The third-order valence-corrected chi connectivity index (χ3v) is 7.82. The van der Waals surface area contributed by atoms with Gasteiger partial charge in [-0.2, -0.15) is 0 Å². The number of carbonyl (C=O) groups is 1. The summed E-state index contributed by atoms with van der Waals surface area (Å²) < 4.78 is 6.09. The number of nitrogens with zero attached hydrogens (tertiary/aromatic N) is 3. The Labute approximate surface area is 114 Å². The number of hydrogen-bond acceptors (Lipinski definition) is 3. The molecule has 0 radical (unpaired) electrons. The molecule has 1 rings (SSSR count). The van der Waals surface area contributed by atoms with Gasteiger partial charge in [0.2, 0.25) is 8.32 Å². The van der Waals surface area contributed by atoms with Gasteiger partial charge in [0, 0.05) is 16.2 Å². The molecule has 0 unspecified atom stereocenters. The molecule has 0 saturated carbocycles. The van der Waals surface area contributed by atoms with Gasteiger partial charge in [-0.25, -0.2) is 0 Å². The molecule has 0 bridgehead atoms. The van der Waals surface area contributed by atoms with E-state index in [1.54, 1.807) is 18.2 Å². The number of aldehydes is 1. The average Bonchev–Trinajstić information content (AvgIpc) is 2.29. The van der Waals surface area contributed by atoms with Crippen molar-refractivity contribution in [1.29, 1.82) is 0 Å². The quantitative estimate of drug-likeness (QED) is 0.260. The second-order valence-electron chi connectivity index (χ2n) is 5.89. The number of hydrogen-bond donors (Lipinski definition) is 0.